The third-order valence-electron chi connectivity index (χ3n) is 5.38. The van der Waals surface area contributed by atoms with Crippen molar-refractivity contribution in [2.75, 3.05) is 18.0 Å². The van der Waals surface area contributed by atoms with Crippen molar-refractivity contribution in [3.05, 3.63) is 46.4 Å². The van der Waals surface area contributed by atoms with Crippen LogP contribution in [0.25, 0.3) is 11.0 Å². The van der Waals surface area contributed by atoms with Gasteiger partial charge in [-0.15, -0.1) is 5.92 Å². The molecule has 3 aromatic rings. The Morgan fingerprint density at radius 3 is 2.90 bits per heavy atom. The van der Waals surface area contributed by atoms with Crippen molar-refractivity contribution in [3.63, 3.8) is 0 Å². The molecule has 1 aromatic carbocycles. The second-order valence-electron chi connectivity index (χ2n) is 7.55. The van der Waals surface area contributed by atoms with E-state index < -0.39 is 11.3 Å². The Kier molecular flexibility index (Phi) is 5.73. The van der Waals surface area contributed by atoms with Crippen molar-refractivity contribution in [2.45, 2.75) is 38.9 Å². The number of carbonyl (C=O) groups is 1. The fraction of sp³-hybridized carbons (Fsp3) is 0.364. The van der Waals surface area contributed by atoms with Crippen LogP contribution in [0.5, 0.6) is 5.75 Å². The Morgan fingerprint density at radius 2 is 2.16 bits per heavy atom. The van der Waals surface area contributed by atoms with E-state index in [1.54, 1.807) is 23.6 Å². The van der Waals surface area contributed by atoms with Crippen LogP contribution in [0.1, 0.15) is 30.1 Å². The highest BCUT2D eigenvalue weighted by Crippen LogP contribution is 2.23. The molecule has 0 aliphatic carbocycles. The number of hydrogen-bond donors (Lipinski definition) is 2. The van der Waals surface area contributed by atoms with Gasteiger partial charge in [0, 0.05) is 19.1 Å². The smallest absolute Gasteiger partial charge is 0.293 e. The van der Waals surface area contributed by atoms with Gasteiger partial charge in [0.05, 0.1) is 18.3 Å². The van der Waals surface area contributed by atoms with Crippen LogP contribution in [0.3, 0.4) is 0 Å². The van der Waals surface area contributed by atoms with Crippen LogP contribution in [-0.2, 0) is 13.1 Å². The molecular weight excluding hydrogens is 396 g/mol. The van der Waals surface area contributed by atoms with Crippen LogP contribution in [0.2, 0.25) is 0 Å². The molecule has 1 aliphatic heterocycles. The molecule has 3 N–H and O–H groups in total. The van der Waals surface area contributed by atoms with Crippen LogP contribution >= 0.6 is 0 Å². The summed E-state index contributed by atoms with van der Waals surface area (Å²) >= 11 is 0. The average molecular weight is 420 g/mol. The first-order valence-electron chi connectivity index (χ1n) is 10.2. The molecule has 9 heteroatoms. The number of hydrogen-bond acceptors (Lipinski definition) is 7. The van der Waals surface area contributed by atoms with Crippen molar-refractivity contribution >= 4 is 22.8 Å². The Morgan fingerprint density at radius 1 is 1.35 bits per heavy atom. The van der Waals surface area contributed by atoms with Gasteiger partial charge in [-0.1, -0.05) is 18.1 Å². The van der Waals surface area contributed by atoms with Crippen LogP contribution in [0, 0.1) is 11.8 Å². The first-order chi connectivity index (χ1) is 15.0. The first kappa shape index (κ1) is 20.6. The molecule has 1 saturated heterocycles. The number of phenols is 1. The van der Waals surface area contributed by atoms with E-state index in [1.165, 1.54) is 18.3 Å². The molecule has 3 heterocycles. The Hall–Kier alpha value is -3.64. The largest absolute Gasteiger partial charge is 0.507 e. The number of aromatic hydroxyl groups is 1. The number of piperidine rings is 1. The van der Waals surface area contributed by atoms with Gasteiger partial charge in [-0.05, 0) is 31.9 Å². The summed E-state index contributed by atoms with van der Waals surface area (Å²) in [6.45, 7) is 3.18. The summed E-state index contributed by atoms with van der Waals surface area (Å²) in [6, 6.07) is 6.27. The molecule has 160 valence electrons. The van der Waals surface area contributed by atoms with E-state index in [2.05, 4.69) is 26.8 Å². The second kappa shape index (κ2) is 8.62. The van der Waals surface area contributed by atoms with Gasteiger partial charge in [0.1, 0.15) is 23.3 Å². The van der Waals surface area contributed by atoms with Crippen molar-refractivity contribution in [3.8, 4) is 17.6 Å². The molecule has 0 saturated carbocycles. The third-order valence-corrected chi connectivity index (χ3v) is 5.38. The fourth-order valence-electron chi connectivity index (χ4n) is 3.86. The second-order valence-corrected chi connectivity index (χ2v) is 7.55. The van der Waals surface area contributed by atoms with E-state index >= 15 is 0 Å². The number of aromatic nitrogens is 4. The lowest BCUT2D eigenvalue weighted by Gasteiger charge is -2.31. The lowest BCUT2D eigenvalue weighted by atomic mass is 10.1. The number of nitrogens with two attached hydrogens (primary N) is 1. The normalized spacial score (nSPS) is 16.2. The molecule has 4 rings (SSSR count). The van der Waals surface area contributed by atoms with Gasteiger partial charge in [0.25, 0.3) is 5.56 Å². The summed E-state index contributed by atoms with van der Waals surface area (Å²) in [5.74, 6) is 5.95. The number of Topliss-reactive ketones (excluding diaryl/α,β-unsaturated/α-hetero) is 1. The predicted molar refractivity (Wildman–Crippen MR) is 117 cm³/mol. The average Bonchev–Trinajstić information content (AvgIpc) is 3.13. The predicted octanol–water partition coefficient (Wildman–Crippen LogP) is 1.13. The lowest BCUT2D eigenvalue weighted by molar-refractivity contribution is 0.0963. The summed E-state index contributed by atoms with van der Waals surface area (Å²) in [6.07, 6.45) is 3.38. The van der Waals surface area contributed by atoms with Gasteiger partial charge in [0.2, 0.25) is 5.95 Å². The van der Waals surface area contributed by atoms with E-state index in [4.69, 9.17) is 5.73 Å². The number of imidazole rings is 1. The maximum Gasteiger partial charge on any atom is 0.293 e. The molecule has 1 atom stereocenters. The zero-order valence-electron chi connectivity index (χ0n) is 17.3. The number of benzene rings is 1. The SMILES string of the molecule is CC#CCn1c(N2CCCC(N)C2)nc2cnn(CC(=O)c3ccccc3O)c(=O)c21. The van der Waals surface area contributed by atoms with Gasteiger partial charge in [0.15, 0.2) is 5.78 Å². The summed E-state index contributed by atoms with van der Waals surface area (Å²) in [5.41, 5.74) is 6.64. The summed E-state index contributed by atoms with van der Waals surface area (Å²) in [7, 11) is 0. The maximum atomic E-state index is 13.3. The lowest BCUT2D eigenvalue weighted by Crippen LogP contribution is -2.44. The minimum Gasteiger partial charge on any atom is -0.507 e. The highest BCUT2D eigenvalue weighted by atomic mass is 16.3. The molecule has 1 fully saturated rings. The molecule has 31 heavy (non-hydrogen) atoms. The number of phenolic OH excluding ortho intramolecular Hbond substituents is 1. The molecule has 0 amide bonds. The maximum absolute atomic E-state index is 13.3. The minimum absolute atomic E-state index is 0.0465. The fourth-order valence-corrected chi connectivity index (χ4v) is 3.86. The zero-order chi connectivity index (χ0) is 22.0. The highest BCUT2D eigenvalue weighted by molar-refractivity contribution is 5.98. The Balaban J connectivity index is 1.77. The van der Waals surface area contributed by atoms with Gasteiger partial charge in [-0.2, -0.15) is 5.10 Å². The Labute approximate surface area is 179 Å². The Bertz CT molecular complexity index is 1250. The number of carbonyl (C=O) groups excluding carboxylic acids is 1. The minimum atomic E-state index is -0.431. The molecule has 1 unspecified atom stereocenters. The van der Waals surface area contributed by atoms with E-state index in [1.807, 2.05) is 0 Å². The number of para-hydroxylation sites is 1. The highest BCUT2D eigenvalue weighted by Gasteiger charge is 2.24. The molecule has 1 aliphatic rings. The van der Waals surface area contributed by atoms with Gasteiger partial charge >= 0.3 is 0 Å². The van der Waals surface area contributed by atoms with Crippen LogP contribution in [0.4, 0.5) is 5.95 Å². The van der Waals surface area contributed by atoms with Gasteiger partial charge < -0.3 is 15.7 Å². The van der Waals surface area contributed by atoms with Crippen molar-refractivity contribution < 1.29 is 9.90 Å². The third kappa shape index (κ3) is 4.02. The molecule has 9 nitrogen and oxygen atoms in total. The molecule has 0 spiro atoms. The molecule has 2 aromatic heterocycles. The van der Waals surface area contributed by atoms with E-state index in [0.29, 0.717) is 30.1 Å². The summed E-state index contributed by atoms with van der Waals surface area (Å²) < 4.78 is 2.87. The van der Waals surface area contributed by atoms with Gasteiger partial charge in [-0.3, -0.25) is 14.2 Å². The quantitative estimate of drug-likeness (QED) is 0.469. The van der Waals surface area contributed by atoms with E-state index in [9.17, 15) is 14.7 Å². The van der Waals surface area contributed by atoms with E-state index in [-0.39, 0.29) is 23.9 Å². The van der Waals surface area contributed by atoms with Crippen molar-refractivity contribution in [2.24, 2.45) is 5.73 Å². The summed E-state index contributed by atoms with van der Waals surface area (Å²) in [5, 5.41) is 14.1. The molecular formula is C22H24N6O3. The van der Waals surface area contributed by atoms with E-state index in [0.717, 1.165) is 24.1 Å². The number of ketones is 1. The van der Waals surface area contributed by atoms with Crippen molar-refractivity contribution in [1.29, 1.82) is 0 Å². The monoisotopic (exact) mass is 420 g/mol. The number of fused-ring (bicyclic) bond motifs is 1. The topological polar surface area (TPSA) is 119 Å². The molecule has 0 radical (unpaired) electrons. The van der Waals surface area contributed by atoms with Crippen LogP contribution < -0.4 is 16.2 Å². The molecule has 0 bridgehead atoms. The van der Waals surface area contributed by atoms with Crippen molar-refractivity contribution in [1.82, 2.24) is 19.3 Å². The van der Waals surface area contributed by atoms with Gasteiger partial charge in [-0.25, -0.2) is 9.67 Å². The number of nitrogens with zero attached hydrogens (tertiary/aromatic N) is 5. The number of rotatable bonds is 5. The van der Waals surface area contributed by atoms with Crippen LogP contribution in [-0.4, -0.2) is 49.4 Å². The standard InChI is InChI=1S/C22H24N6O3/c1-2-3-11-27-20-17(25-22(27)26-10-6-7-15(23)13-26)12-24-28(21(20)31)14-19(30)16-8-4-5-9-18(16)29/h4-5,8-9,12,15,29H,6-7,10-11,13-14,23H2,1H3. The first-order valence-corrected chi connectivity index (χ1v) is 10.2. The summed E-state index contributed by atoms with van der Waals surface area (Å²) in [4.78, 5) is 32.6. The zero-order valence-corrected chi connectivity index (χ0v) is 17.3. The van der Waals surface area contributed by atoms with Crippen LogP contribution in [0.15, 0.2) is 35.3 Å². The number of anilines is 1.